The molecule has 0 bridgehead atoms. The van der Waals surface area contributed by atoms with Gasteiger partial charge in [-0.15, -0.1) is 0 Å². The van der Waals surface area contributed by atoms with Gasteiger partial charge in [0.25, 0.3) is 5.91 Å². The van der Waals surface area contributed by atoms with Gasteiger partial charge in [-0.25, -0.2) is 4.79 Å². The average Bonchev–Trinajstić information content (AvgIpc) is 2.40. The number of hydrogen-bond donors (Lipinski definition) is 2. The van der Waals surface area contributed by atoms with Crippen LogP contribution in [0.5, 0.6) is 0 Å². The van der Waals surface area contributed by atoms with Gasteiger partial charge in [-0.2, -0.15) is 0 Å². The maximum atomic E-state index is 11.8. The maximum absolute atomic E-state index is 11.8. The van der Waals surface area contributed by atoms with Gasteiger partial charge in [0.15, 0.2) is 0 Å². The minimum absolute atomic E-state index is 0.146. The van der Waals surface area contributed by atoms with Crippen LogP contribution >= 0.6 is 0 Å². The van der Waals surface area contributed by atoms with E-state index in [1.54, 1.807) is 18.3 Å². The van der Waals surface area contributed by atoms with Crippen molar-refractivity contribution in [3.63, 3.8) is 0 Å². The number of pyridine rings is 1. The Kier molecular flexibility index (Phi) is 3.33. The monoisotopic (exact) mass is 242 g/mol. The van der Waals surface area contributed by atoms with Crippen LogP contribution in [0.3, 0.4) is 0 Å². The van der Waals surface area contributed by atoms with Crippen LogP contribution in [-0.2, 0) is 0 Å². The number of rotatable bonds is 3. The molecule has 2 aromatic rings. The molecular weight excluding hydrogens is 232 g/mol. The van der Waals surface area contributed by atoms with Crippen molar-refractivity contribution in [2.75, 3.05) is 5.32 Å². The first kappa shape index (κ1) is 11.8. The van der Waals surface area contributed by atoms with Crippen LogP contribution in [0.4, 0.5) is 5.69 Å². The van der Waals surface area contributed by atoms with Gasteiger partial charge in [0.1, 0.15) is 0 Å². The second kappa shape index (κ2) is 5.09. The van der Waals surface area contributed by atoms with Crippen molar-refractivity contribution in [3.8, 4) is 0 Å². The van der Waals surface area contributed by atoms with E-state index in [4.69, 9.17) is 5.11 Å². The zero-order valence-corrected chi connectivity index (χ0v) is 9.33. The third-order valence-electron chi connectivity index (χ3n) is 2.31. The number of aromatic nitrogens is 1. The number of benzene rings is 1. The summed E-state index contributed by atoms with van der Waals surface area (Å²) >= 11 is 0. The highest BCUT2D eigenvalue weighted by molar-refractivity contribution is 6.04. The zero-order valence-electron chi connectivity index (χ0n) is 9.33. The summed E-state index contributed by atoms with van der Waals surface area (Å²) in [6.45, 7) is 0. The molecule has 2 N–H and O–H groups in total. The first-order chi connectivity index (χ1) is 8.66. The number of hydrogen-bond acceptors (Lipinski definition) is 3. The van der Waals surface area contributed by atoms with Gasteiger partial charge in [-0.3, -0.25) is 9.78 Å². The quantitative estimate of drug-likeness (QED) is 0.863. The summed E-state index contributed by atoms with van der Waals surface area (Å²) in [7, 11) is 0. The number of nitrogens with zero attached hydrogens (tertiary/aromatic N) is 1. The van der Waals surface area contributed by atoms with Crippen molar-refractivity contribution >= 4 is 17.6 Å². The summed E-state index contributed by atoms with van der Waals surface area (Å²) in [4.78, 5) is 26.3. The largest absolute Gasteiger partial charge is 0.478 e. The first-order valence-electron chi connectivity index (χ1n) is 5.21. The normalized spacial score (nSPS) is 9.78. The summed E-state index contributed by atoms with van der Waals surface area (Å²) in [6.07, 6.45) is 3.14. The lowest BCUT2D eigenvalue weighted by molar-refractivity contribution is 0.0696. The Morgan fingerprint density at radius 2 is 1.72 bits per heavy atom. The molecule has 2 rings (SSSR count). The Balaban J connectivity index is 2.12. The van der Waals surface area contributed by atoms with Crippen LogP contribution in [0, 0.1) is 0 Å². The molecule has 0 saturated heterocycles. The van der Waals surface area contributed by atoms with Crippen LogP contribution in [0.2, 0.25) is 0 Å². The van der Waals surface area contributed by atoms with Crippen molar-refractivity contribution in [2.24, 2.45) is 0 Å². The van der Waals surface area contributed by atoms with E-state index >= 15 is 0 Å². The molecule has 0 radical (unpaired) electrons. The van der Waals surface area contributed by atoms with Crippen molar-refractivity contribution < 1.29 is 14.7 Å². The predicted molar refractivity (Wildman–Crippen MR) is 65.6 cm³/mol. The van der Waals surface area contributed by atoms with Crippen LogP contribution < -0.4 is 5.32 Å². The minimum atomic E-state index is -1.02. The standard InChI is InChI=1S/C13H10N2O3/c16-12(15-11-2-1-7-14-8-11)9-3-5-10(6-4-9)13(17)18/h1-8H,(H,15,16)(H,17,18). The van der Waals surface area contributed by atoms with Gasteiger partial charge in [0.05, 0.1) is 17.4 Å². The molecule has 1 aromatic carbocycles. The number of anilines is 1. The van der Waals surface area contributed by atoms with Gasteiger partial charge < -0.3 is 10.4 Å². The number of aromatic carboxylic acids is 1. The van der Waals surface area contributed by atoms with E-state index < -0.39 is 5.97 Å². The number of carboxylic acid groups (broad SMARTS) is 1. The van der Waals surface area contributed by atoms with E-state index in [-0.39, 0.29) is 11.5 Å². The second-order valence-corrected chi connectivity index (χ2v) is 3.58. The molecule has 0 spiro atoms. The van der Waals surface area contributed by atoms with E-state index in [2.05, 4.69) is 10.3 Å². The number of carbonyl (C=O) groups excluding carboxylic acids is 1. The van der Waals surface area contributed by atoms with Crippen molar-refractivity contribution in [1.82, 2.24) is 4.98 Å². The molecule has 0 aliphatic heterocycles. The molecule has 0 unspecified atom stereocenters. The summed E-state index contributed by atoms with van der Waals surface area (Å²) in [6, 6.07) is 9.14. The zero-order chi connectivity index (χ0) is 13.0. The minimum Gasteiger partial charge on any atom is -0.478 e. The molecule has 1 aromatic heterocycles. The first-order valence-corrected chi connectivity index (χ1v) is 5.21. The Bertz CT molecular complexity index is 565. The molecule has 5 nitrogen and oxygen atoms in total. The van der Waals surface area contributed by atoms with E-state index in [1.165, 1.54) is 30.5 Å². The van der Waals surface area contributed by atoms with Gasteiger partial charge >= 0.3 is 5.97 Å². The maximum Gasteiger partial charge on any atom is 0.335 e. The third-order valence-corrected chi connectivity index (χ3v) is 2.31. The van der Waals surface area contributed by atoms with E-state index in [9.17, 15) is 9.59 Å². The predicted octanol–water partition coefficient (Wildman–Crippen LogP) is 2.03. The summed E-state index contributed by atoms with van der Waals surface area (Å²) in [5.41, 5.74) is 1.13. The topological polar surface area (TPSA) is 79.3 Å². The fraction of sp³-hybridized carbons (Fsp3) is 0. The summed E-state index contributed by atoms with van der Waals surface area (Å²) in [5.74, 6) is -1.32. The number of carbonyl (C=O) groups is 2. The van der Waals surface area contributed by atoms with Gasteiger partial charge in [-0.05, 0) is 36.4 Å². The smallest absolute Gasteiger partial charge is 0.335 e. The number of amides is 1. The highest BCUT2D eigenvalue weighted by Crippen LogP contribution is 2.09. The van der Waals surface area contributed by atoms with Gasteiger partial charge in [0.2, 0.25) is 0 Å². The van der Waals surface area contributed by atoms with Crippen LogP contribution in [-0.4, -0.2) is 22.0 Å². The molecule has 18 heavy (non-hydrogen) atoms. The average molecular weight is 242 g/mol. The van der Waals surface area contributed by atoms with Crippen molar-refractivity contribution in [1.29, 1.82) is 0 Å². The van der Waals surface area contributed by atoms with Crippen LogP contribution in [0.25, 0.3) is 0 Å². The lowest BCUT2D eigenvalue weighted by Crippen LogP contribution is -2.12. The van der Waals surface area contributed by atoms with Gasteiger partial charge in [0, 0.05) is 11.8 Å². The summed E-state index contributed by atoms with van der Waals surface area (Å²) < 4.78 is 0. The fourth-order valence-electron chi connectivity index (χ4n) is 1.40. The summed E-state index contributed by atoms with van der Waals surface area (Å²) in [5, 5.41) is 11.4. The van der Waals surface area contributed by atoms with Crippen molar-refractivity contribution in [2.45, 2.75) is 0 Å². The van der Waals surface area contributed by atoms with E-state index in [1.807, 2.05) is 0 Å². The van der Waals surface area contributed by atoms with E-state index in [0.717, 1.165) is 0 Å². The molecule has 0 saturated carbocycles. The molecule has 90 valence electrons. The highest BCUT2D eigenvalue weighted by atomic mass is 16.4. The molecule has 0 aliphatic rings. The lowest BCUT2D eigenvalue weighted by Gasteiger charge is -2.04. The second-order valence-electron chi connectivity index (χ2n) is 3.58. The fourth-order valence-corrected chi connectivity index (χ4v) is 1.40. The third kappa shape index (κ3) is 2.70. The number of nitrogens with one attached hydrogen (secondary N) is 1. The SMILES string of the molecule is O=C(O)c1ccc(C(=O)Nc2cccnc2)cc1. The molecule has 0 aliphatic carbocycles. The Morgan fingerprint density at radius 3 is 2.28 bits per heavy atom. The molecule has 1 amide bonds. The lowest BCUT2D eigenvalue weighted by atomic mass is 10.1. The Labute approximate surface area is 103 Å². The van der Waals surface area contributed by atoms with E-state index in [0.29, 0.717) is 11.3 Å². The molecular formula is C13H10N2O3. The Hall–Kier alpha value is -2.69. The molecule has 0 fully saturated rings. The van der Waals surface area contributed by atoms with Crippen molar-refractivity contribution in [3.05, 3.63) is 59.9 Å². The van der Waals surface area contributed by atoms with Crippen LogP contribution in [0.1, 0.15) is 20.7 Å². The Morgan fingerprint density at radius 1 is 1.06 bits per heavy atom. The number of carboxylic acids is 1. The van der Waals surface area contributed by atoms with Crippen LogP contribution in [0.15, 0.2) is 48.8 Å². The highest BCUT2D eigenvalue weighted by Gasteiger charge is 2.07. The molecule has 0 atom stereocenters. The molecule has 5 heteroatoms. The van der Waals surface area contributed by atoms with Gasteiger partial charge in [-0.1, -0.05) is 0 Å². The molecule has 1 heterocycles.